The van der Waals surface area contributed by atoms with E-state index in [1.54, 1.807) is 0 Å². The minimum Gasteiger partial charge on any atom is -0.324 e. The number of aryl methyl sites for hydroxylation is 1. The number of aromatic nitrogens is 2. The van der Waals surface area contributed by atoms with Crippen LogP contribution in [0.25, 0.3) is 0 Å². The number of hydrogen-bond donors (Lipinski definition) is 2. The second-order valence-electron chi connectivity index (χ2n) is 6.13. The fourth-order valence-electron chi connectivity index (χ4n) is 2.86. The molecule has 8 heteroatoms. The van der Waals surface area contributed by atoms with Crippen molar-refractivity contribution in [1.82, 2.24) is 9.97 Å². The Hall–Kier alpha value is -2.22. The summed E-state index contributed by atoms with van der Waals surface area (Å²) >= 11 is 1.38. The van der Waals surface area contributed by atoms with Crippen LogP contribution in [0.15, 0.2) is 28.2 Å². The first-order valence-corrected chi connectivity index (χ1v) is 9.51. The molecule has 0 spiro atoms. The van der Waals surface area contributed by atoms with Gasteiger partial charge in [-0.15, -0.1) is 0 Å². The summed E-state index contributed by atoms with van der Waals surface area (Å²) in [6.07, 6.45) is 4.36. The van der Waals surface area contributed by atoms with Crippen LogP contribution in [0.1, 0.15) is 36.9 Å². The van der Waals surface area contributed by atoms with Gasteiger partial charge in [-0.25, -0.2) is 13.8 Å². The van der Waals surface area contributed by atoms with Crippen LogP contribution in [0.2, 0.25) is 0 Å². The van der Waals surface area contributed by atoms with Crippen LogP contribution in [-0.2, 0) is 17.6 Å². The lowest BCUT2D eigenvalue weighted by atomic mass is 9.97. The molecule has 0 radical (unpaired) electrons. The third-order valence-electron chi connectivity index (χ3n) is 4.16. The summed E-state index contributed by atoms with van der Waals surface area (Å²) in [4.78, 5) is 31.2. The summed E-state index contributed by atoms with van der Waals surface area (Å²) in [6.45, 7) is 0. The maximum absolute atomic E-state index is 13.5. The van der Waals surface area contributed by atoms with Crippen molar-refractivity contribution < 1.29 is 13.6 Å². The Bertz CT molecular complexity index is 870. The zero-order chi connectivity index (χ0) is 18.5. The maximum Gasteiger partial charge on any atom is 0.254 e. The van der Waals surface area contributed by atoms with Gasteiger partial charge in [0.15, 0.2) is 5.16 Å². The van der Waals surface area contributed by atoms with E-state index in [0.29, 0.717) is 17.3 Å². The summed E-state index contributed by atoms with van der Waals surface area (Å²) in [5.74, 6) is -1.09. The average Bonchev–Trinajstić information content (AvgIpc) is 2.62. The first-order valence-electron chi connectivity index (χ1n) is 8.52. The second-order valence-corrected chi connectivity index (χ2v) is 7.21. The molecular formula is C18H19F2N3O2S. The van der Waals surface area contributed by atoms with Crippen molar-refractivity contribution in [2.75, 3.05) is 11.1 Å². The fraction of sp³-hybridized carbons (Fsp3) is 0.389. The Kier molecular flexibility index (Phi) is 6.03. The number of hydrogen-bond acceptors (Lipinski definition) is 4. The van der Waals surface area contributed by atoms with E-state index in [1.165, 1.54) is 11.8 Å². The van der Waals surface area contributed by atoms with Crippen LogP contribution >= 0.6 is 11.8 Å². The van der Waals surface area contributed by atoms with Gasteiger partial charge in [0.2, 0.25) is 5.91 Å². The molecule has 0 atom stereocenters. The van der Waals surface area contributed by atoms with Crippen molar-refractivity contribution in [3.63, 3.8) is 0 Å². The smallest absolute Gasteiger partial charge is 0.254 e. The molecule has 2 N–H and O–H groups in total. The van der Waals surface area contributed by atoms with Gasteiger partial charge < -0.3 is 10.3 Å². The number of carbonyl (C=O) groups is 1. The van der Waals surface area contributed by atoms with E-state index in [4.69, 9.17) is 0 Å². The molecular weight excluding hydrogens is 360 g/mol. The van der Waals surface area contributed by atoms with E-state index in [0.717, 1.165) is 55.1 Å². The van der Waals surface area contributed by atoms with E-state index in [1.807, 2.05) is 0 Å². The molecule has 0 saturated heterocycles. The van der Waals surface area contributed by atoms with Crippen LogP contribution in [-0.4, -0.2) is 21.6 Å². The monoisotopic (exact) mass is 379 g/mol. The molecule has 5 nitrogen and oxygen atoms in total. The van der Waals surface area contributed by atoms with Gasteiger partial charge in [-0.3, -0.25) is 9.59 Å². The number of benzene rings is 1. The summed E-state index contributed by atoms with van der Waals surface area (Å²) in [6, 6.07) is 2.91. The molecule has 1 heterocycles. The number of anilines is 1. The fourth-order valence-corrected chi connectivity index (χ4v) is 3.68. The van der Waals surface area contributed by atoms with E-state index >= 15 is 0 Å². The van der Waals surface area contributed by atoms with Gasteiger partial charge in [-0.1, -0.05) is 11.8 Å². The highest BCUT2D eigenvalue weighted by Gasteiger charge is 2.15. The third-order valence-corrected chi connectivity index (χ3v) is 5.12. The predicted molar refractivity (Wildman–Crippen MR) is 96.4 cm³/mol. The zero-order valence-electron chi connectivity index (χ0n) is 14.1. The topological polar surface area (TPSA) is 74.8 Å². The predicted octanol–water partition coefficient (Wildman–Crippen LogP) is 3.44. The van der Waals surface area contributed by atoms with Gasteiger partial charge in [0, 0.05) is 23.8 Å². The zero-order valence-corrected chi connectivity index (χ0v) is 14.9. The third kappa shape index (κ3) is 4.69. The van der Waals surface area contributed by atoms with Crippen LogP contribution in [0, 0.1) is 11.6 Å². The van der Waals surface area contributed by atoms with Crippen molar-refractivity contribution in [1.29, 1.82) is 0 Å². The molecule has 1 aromatic carbocycles. The number of rotatable bonds is 6. The lowest BCUT2D eigenvalue weighted by Gasteiger charge is -2.14. The molecule has 0 saturated carbocycles. The van der Waals surface area contributed by atoms with Crippen molar-refractivity contribution in [3.05, 3.63) is 51.4 Å². The SMILES string of the molecule is O=C(CCCSc1nc2c(c(=O)[nH]1)CCCC2)Nc1cc(F)ccc1F. The first-order chi connectivity index (χ1) is 12.5. The van der Waals surface area contributed by atoms with Crippen molar-refractivity contribution in [2.45, 2.75) is 43.7 Å². The van der Waals surface area contributed by atoms with Crippen molar-refractivity contribution in [2.24, 2.45) is 0 Å². The summed E-state index contributed by atoms with van der Waals surface area (Å²) in [5, 5.41) is 2.93. The number of carbonyl (C=O) groups excluding carboxylic acids is 1. The van der Waals surface area contributed by atoms with E-state index in [2.05, 4.69) is 15.3 Å². The molecule has 1 aliphatic rings. The van der Waals surface area contributed by atoms with Crippen LogP contribution in [0.3, 0.4) is 0 Å². The van der Waals surface area contributed by atoms with Gasteiger partial charge in [-0.2, -0.15) is 0 Å². The van der Waals surface area contributed by atoms with Gasteiger partial charge in [0.25, 0.3) is 5.56 Å². The molecule has 0 aliphatic heterocycles. The highest BCUT2D eigenvalue weighted by molar-refractivity contribution is 7.99. The highest BCUT2D eigenvalue weighted by atomic mass is 32.2. The van der Waals surface area contributed by atoms with Gasteiger partial charge in [-0.05, 0) is 44.2 Å². The first kappa shape index (κ1) is 18.6. The molecule has 0 fully saturated rings. The minimum atomic E-state index is -0.676. The highest BCUT2D eigenvalue weighted by Crippen LogP contribution is 2.20. The molecule has 2 aromatic rings. The van der Waals surface area contributed by atoms with Crippen molar-refractivity contribution >= 4 is 23.4 Å². The number of nitrogens with one attached hydrogen (secondary N) is 2. The van der Waals surface area contributed by atoms with Crippen LogP contribution in [0.4, 0.5) is 14.5 Å². The Morgan fingerprint density at radius 2 is 2.08 bits per heavy atom. The number of fused-ring (bicyclic) bond motifs is 1. The van der Waals surface area contributed by atoms with E-state index in [-0.39, 0.29) is 23.6 Å². The number of amides is 1. The van der Waals surface area contributed by atoms with E-state index < -0.39 is 11.6 Å². The number of H-pyrrole nitrogens is 1. The van der Waals surface area contributed by atoms with Gasteiger partial charge >= 0.3 is 0 Å². The van der Waals surface area contributed by atoms with Crippen LogP contribution < -0.4 is 10.9 Å². The van der Waals surface area contributed by atoms with E-state index in [9.17, 15) is 18.4 Å². The molecule has 26 heavy (non-hydrogen) atoms. The number of nitrogens with zero attached hydrogens (tertiary/aromatic N) is 1. The number of halogens is 2. The lowest BCUT2D eigenvalue weighted by Crippen LogP contribution is -2.21. The lowest BCUT2D eigenvalue weighted by molar-refractivity contribution is -0.116. The molecule has 1 aromatic heterocycles. The molecule has 3 rings (SSSR count). The Morgan fingerprint density at radius 1 is 1.27 bits per heavy atom. The van der Waals surface area contributed by atoms with Gasteiger partial charge in [0.1, 0.15) is 11.6 Å². The average molecular weight is 379 g/mol. The Labute approximate surface area is 153 Å². The molecule has 0 bridgehead atoms. The minimum absolute atomic E-state index is 0.0727. The standard InChI is InChI=1S/C18H19F2N3O2S/c19-11-7-8-13(20)15(10-11)21-16(24)6-3-9-26-18-22-14-5-2-1-4-12(14)17(25)23-18/h7-8,10H,1-6,9H2,(H,21,24)(H,22,23,25). The molecule has 0 unspecified atom stereocenters. The molecule has 138 valence electrons. The normalized spacial score (nSPS) is 13.3. The number of thioether (sulfide) groups is 1. The van der Waals surface area contributed by atoms with Crippen molar-refractivity contribution in [3.8, 4) is 0 Å². The second kappa shape index (κ2) is 8.44. The summed E-state index contributed by atoms with van der Waals surface area (Å²) in [5.41, 5.74) is 1.43. The maximum atomic E-state index is 13.5. The summed E-state index contributed by atoms with van der Waals surface area (Å²) in [7, 11) is 0. The quantitative estimate of drug-likeness (QED) is 0.458. The Morgan fingerprint density at radius 3 is 2.92 bits per heavy atom. The van der Waals surface area contributed by atoms with Gasteiger partial charge in [0.05, 0.1) is 11.4 Å². The largest absolute Gasteiger partial charge is 0.324 e. The number of aromatic amines is 1. The van der Waals surface area contributed by atoms with Crippen LogP contribution in [0.5, 0.6) is 0 Å². The molecule has 1 aliphatic carbocycles. The molecule has 1 amide bonds. The summed E-state index contributed by atoms with van der Waals surface area (Å²) < 4.78 is 26.6. The Balaban J connectivity index is 1.48.